The highest BCUT2D eigenvalue weighted by Gasteiger charge is 2.18. The molecule has 2 N–H and O–H groups in total. The van der Waals surface area contributed by atoms with Crippen LogP contribution in [0.4, 0.5) is 0 Å². The van der Waals surface area contributed by atoms with E-state index in [4.69, 9.17) is 33.0 Å². The maximum atomic E-state index is 8.98. The van der Waals surface area contributed by atoms with E-state index in [1.807, 2.05) is 18.3 Å². The molecule has 0 aliphatic heterocycles. The number of nitrogens with one attached hydrogen (secondary N) is 1. The van der Waals surface area contributed by atoms with Crippen molar-refractivity contribution in [3.63, 3.8) is 0 Å². The zero-order valence-electron chi connectivity index (χ0n) is 15.8. The molecule has 0 bridgehead atoms. The molecule has 4 aromatic rings. The molecule has 0 spiro atoms. The lowest BCUT2D eigenvalue weighted by Gasteiger charge is -2.15. The second-order valence-corrected chi connectivity index (χ2v) is 7.21. The van der Waals surface area contributed by atoms with Crippen molar-refractivity contribution in [1.82, 2.24) is 34.9 Å². The van der Waals surface area contributed by atoms with E-state index in [-0.39, 0.29) is 12.6 Å². The molecule has 4 heterocycles. The van der Waals surface area contributed by atoms with Crippen molar-refractivity contribution in [3.8, 4) is 6.01 Å². The van der Waals surface area contributed by atoms with E-state index >= 15 is 0 Å². The Morgan fingerprint density at radius 2 is 2.00 bits per heavy atom. The van der Waals surface area contributed by atoms with E-state index in [1.54, 1.807) is 24.0 Å². The van der Waals surface area contributed by atoms with Gasteiger partial charge in [-0.3, -0.25) is 14.8 Å². The largest absolute Gasteiger partial charge is 0.455 e. The van der Waals surface area contributed by atoms with Gasteiger partial charge in [0, 0.05) is 29.7 Å². The van der Waals surface area contributed by atoms with Gasteiger partial charge in [-0.1, -0.05) is 23.2 Å². The van der Waals surface area contributed by atoms with E-state index in [1.165, 1.54) is 12.4 Å². The number of nitrogens with zero attached hydrogens (tertiary/aromatic N) is 6. The first-order valence-corrected chi connectivity index (χ1v) is 9.79. The number of halogens is 2. The number of aromatic amines is 1. The maximum Gasteiger partial charge on any atom is 0.317 e. The predicted molar refractivity (Wildman–Crippen MR) is 113 cm³/mol. The van der Waals surface area contributed by atoms with Crippen molar-refractivity contribution in [2.24, 2.45) is 0 Å². The van der Waals surface area contributed by atoms with Gasteiger partial charge in [-0.25, -0.2) is 4.98 Å². The summed E-state index contributed by atoms with van der Waals surface area (Å²) in [4.78, 5) is 12.6. The summed E-state index contributed by atoms with van der Waals surface area (Å²) in [5.41, 5.74) is 3.40. The number of hydrogen-bond acceptors (Lipinski definition) is 7. The van der Waals surface area contributed by atoms with E-state index < -0.39 is 6.10 Å². The van der Waals surface area contributed by atoms with E-state index in [2.05, 4.69) is 30.2 Å². The molecule has 0 aromatic carbocycles. The van der Waals surface area contributed by atoms with Gasteiger partial charge in [0.1, 0.15) is 22.8 Å². The van der Waals surface area contributed by atoms with Crippen LogP contribution in [0.1, 0.15) is 29.8 Å². The summed E-state index contributed by atoms with van der Waals surface area (Å²) in [6.45, 7) is 2.28. The number of H-pyrrole nitrogens is 1. The number of aliphatic hydroxyl groups excluding tert-OH is 1. The Morgan fingerprint density at radius 3 is 2.77 bits per heavy atom. The minimum Gasteiger partial charge on any atom is -0.455 e. The molecular weight excluding hydrogens is 429 g/mol. The summed E-state index contributed by atoms with van der Waals surface area (Å²) in [6, 6.07) is 0.172. The molecule has 1 atom stereocenters. The highest BCUT2D eigenvalue weighted by molar-refractivity contribution is 6.35. The predicted octanol–water partition coefficient (Wildman–Crippen LogP) is 3.55. The highest BCUT2D eigenvalue weighted by Crippen LogP contribution is 2.31. The Morgan fingerprint density at radius 1 is 1.20 bits per heavy atom. The second-order valence-electron chi connectivity index (χ2n) is 6.39. The zero-order chi connectivity index (χ0) is 21.1. The first-order valence-electron chi connectivity index (χ1n) is 9.03. The van der Waals surface area contributed by atoms with Crippen LogP contribution in [-0.4, -0.2) is 46.6 Å². The molecule has 0 fully saturated rings. The van der Waals surface area contributed by atoms with Gasteiger partial charge < -0.3 is 9.84 Å². The summed E-state index contributed by atoms with van der Waals surface area (Å²) >= 11 is 12.4. The molecule has 154 valence electrons. The number of fused-ring (bicyclic) bond motifs is 1. The topological polar surface area (TPSA) is 115 Å². The first-order chi connectivity index (χ1) is 14.5. The van der Waals surface area contributed by atoms with Crippen LogP contribution in [0.5, 0.6) is 6.01 Å². The third-order valence-electron chi connectivity index (χ3n) is 4.30. The summed E-state index contributed by atoms with van der Waals surface area (Å²) in [5.74, 6) is 0. The minimum absolute atomic E-state index is 0.0306. The van der Waals surface area contributed by atoms with Crippen LogP contribution < -0.4 is 4.74 Å². The number of ether oxygens (including phenoxy) is 1. The molecule has 0 saturated heterocycles. The molecule has 9 nitrogen and oxygen atoms in total. The van der Waals surface area contributed by atoms with Gasteiger partial charge >= 0.3 is 6.01 Å². The Bertz CT molecular complexity index is 1180. The Hall–Kier alpha value is -3.01. The summed E-state index contributed by atoms with van der Waals surface area (Å²) < 4.78 is 7.53. The number of aromatic nitrogens is 7. The third-order valence-corrected chi connectivity index (χ3v) is 4.90. The second kappa shape index (κ2) is 8.78. The molecule has 0 saturated carbocycles. The molecule has 4 rings (SSSR count). The average Bonchev–Trinajstić information content (AvgIpc) is 3.33. The number of aliphatic hydroxyl groups is 1. The molecule has 0 aliphatic rings. The molecule has 4 aromatic heterocycles. The van der Waals surface area contributed by atoms with Gasteiger partial charge in [-0.2, -0.15) is 15.2 Å². The molecule has 1 unspecified atom stereocenters. The van der Waals surface area contributed by atoms with Crippen molar-refractivity contribution >= 4 is 46.4 Å². The Balaban J connectivity index is 1.57. The number of hydrogen-bond donors (Lipinski definition) is 2. The van der Waals surface area contributed by atoms with Crippen LogP contribution in [0, 0.1) is 0 Å². The first kappa shape index (κ1) is 20.3. The van der Waals surface area contributed by atoms with Crippen LogP contribution in [0.25, 0.3) is 23.2 Å². The highest BCUT2D eigenvalue weighted by atomic mass is 35.5. The molecule has 0 amide bonds. The summed E-state index contributed by atoms with van der Waals surface area (Å²) in [6.07, 6.45) is 11.3. The minimum atomic E-state index is -0.478. The van der Waals surface area contributed by atoms with Crippen LogP contribution >= 0.6 is 23.2 Å². The van der Waals surface area contributed by atoms with E-state index in [0.29, 0.717) is 38.9 Å². The van der Waals surface area contributed by atoms with Crippen LogP contribution in [0.3, 0.4) is 0 Å². The molecular formula is C19H17Cl2N7O2. The molecule has 0 radical (unpaired) electrons. The molecule has 0 aliphatic carbocycles. The van der Waals surface area contributed by atoms with Gasteiger partial charge in [-0.05, 0) is 19.1 Å². The standard InChI is InChI=1S/C19H17Cl2N7O2/c1-11(17-13(20)7-22-8-14(17)21)30-19-23-9-16-18(25-19)15(26-27-16)3-2-12-6-24-28(10-12)4-5-29/h2-3,6-11,29H,4-5H2,1H3,(H,26,27)/b3-2+. The Kier molecular flexibility index (Phi) is 5.93. The van der Waals surface area contributed by atoms with Gasteiger partial charge in [0.05, 0.1) is 35.6 Å². The average molecular weight is 446 g/mol. The lowest BCUT2D eigenvalue weighted by atomic mass is 10.2. The van der Waals surface area contributed by atoms with Gasteiger partial charge in [0.2, 0.25) is 0 Å². The number of pyridine rings is 1. The van der Waals surface area contributed by atoms with E-state index in [9.17, 15) is 0 Å². The smallest absolute Gasteiger partial charge is 0.317 e. The third kappa shape index (κ3) is 4.28. The van der Waals surface area contributed by atoms with Crippen molar-refractivity contribution < 1.29 is 9.84 Å². The van der Waals surface area contributed by atoms with Gasteiger partial charge in [0.15, 0.2) is 0 Å². The summed E-state index contributed by atoms with van der Waals surface area (Å²) in [7, 11) is 0. The Labute approximate surface area is 181 Å². The molecule has 11 heteroatoms. The monoisotopic (exact) mass is 445 g/mol. The van der Waals surface area contributed by atoms with Crippen LogP contribution in [-0.2, 0) is 6.54 Å². The zero-order valence-corrected chi connectivity index (χ0v) is 17.3. The van der Waals surface area contributed by atoms with Crippen LogP contribution in [0.15, 0.2) is 31.0 Å². The normalized spacial score (nSPS) is 12.7. The fourth-order valence-electron chi connectivity index (χ4n) is 2.88. The lowest BCUT2D eigenvalue weighted by Crippen LogP contribution is -2.07. The lowest BCUT2D eigenvalue weighted by molar-refractivity contribution is 0.208. The van der Waals surface area contributed by atoms with Crippen molar-refractivity contribution in [2.45, 2.75) is 19.6 Å². The van der Waals surface area contributed by atoms with Gasteiger partial charge in [0.25, 0.3) is 0 Å². The summed E-state index contributed by atoms with van der Waals surface area (Å²) in [5, 5.41) is 21.1. The van der Waals surface area contributed by atoms with Gasteiger partial charge in [-0.15, -0.1) is 0 Å². The van der Waals surface area contributed by atoms with E-state index in [0.717, 1.165) is 5.56 Å². The quantitative estimate of drug-likeness (QED) is 0.446. The van der Waals surface area contributed by atoms with Crippen molar-refractivity contribution in [2.75, 3.05) is 6.61 Å². The molecule has 30 heavy (non-hydrogen) atoms. The maximum absolute atomic E-state index is 8.98. The fourth-order valence-corrected chi connectivity index (χ4v) is 3.55. The van der Waals surface area contributed by atoms with Crippen molar-refractivity contribution in [3.05, 3.63) is 57.9 Å². The fraction of sp³-hybridized carbons (Fsp3) is 0.211. The van der Waals surface area contributed by atoms with Crippen LogP contribution in [0.2, 0.25) is 10.0 Å². The number of rotatable bonds is 7. The SMILES string of the molecule is CC(Oc1ncc2[nH]nc(/C=C/c3cnn(CCO)c3)c2n1)c1c(Cl)cncc1Cl. The van der Waals surface area contributed by atoms with Crippen molar-refractivity contribution in [1.29, 1.82) is 0 Å².